The maximum Gasteiger partial charge on any atom is 0.330 e. The number of unbranched alkanes of at least 4 members (excludes halogenated alkanes) is 13. The van der Waals surface area contributed by atoms with E-state index >= 15 is 0 Å². The van der Waals surface area contributed by atoms with Gasteiger partial charge < -0.3 is 10.0 Å². The molecule has 0 aromatic heterocycles. The fourth-order valence-electron chi connectivity index (χ4n) is 3.00. The fraction of sp³-hybridized carbons (Fsp3) is 0.875. The van der Waals surface area contributed by atoms with Crippen molar-refractivity contribution in [3.05, 3.63) is 12.2 Å². The predicted molar refractivity (Wildman–Crippen MR) is 129 cm³/mol. The lowest BCUT2D eigenvalue weighted by atomic mass is 10.0. The minimum absolute atomic E-state index is 0.298. The van der Waals surface area contributed by atoms with Crippen molar-refractivity contribution in [1.29, 1.82) is 0 Å². The van der Waals surface area contributed by atoms with E-state index in [1.807, 2.05) is 19.0 Å². The van der Waals surface area contributed by atoms with Gasteiger partial charge in [0.25, 0.3) is 0 Å². The number of alkyl halides is 1. The maximum absolute atomic E-state index is 10.3. The number of aliphatic carboxylic acids is 1. The van der Waals surface area contributed by atoms with E-state index in [4.69, 9.17) is 5.11 Å². The van der Waals surface area contributed by atoms with Crippen LogP contribution >= 0.6 is 15.9 Å². The summed E-state index contributed by atoms with van der Waals surface area (Å²) in [7, 11) is 3.92. The smallest absolute Gasteiger partial charge is 0.330 e. The molecular weight excluding hydrogens is 414 g/mol. The summed E-state index contributed by atoms with van der Waals surface area (Å²) < 4.78 is 0. The molecule has 0 spiro atoms. The van der Waals surface area contributed by atoms with Crippen molar-refractivity contribution in [3.8, 4) is 0 Å². The van der Waals surface area contributed by atoms with E-state index in [0.717, 1.165) is 13.0 Å². The Balaban J connectivity index is 0. The summed E-state index contributed by atoms with van der Waals surface area (Å²) >= 11 is 3.48. The number of carboxylic acid groups (broad SMARTS) is 1. The number of hydrogen-bond donors (Lipinski definition) is 1. The number of hydrogen-bond acceptors (Lipinski definition) is 2. The van der Waals surface area contributed by atoms with Crippen molar-refractivity contribution in [1.82, 2.24) is 4.90 Å². The minimum Gasteiger partial charge on any atom is -0.478 e. The van der Waals surface area contributed by atoms with E-state index < -0.39 is 5.97 Å². The van der Waals surface area contributed by atoms with Gasteiger partial charge in [-0.25, -0.2) is 4.79 Å². The first-order valence-electron chi connectivity index (χ1n) is 11.6. The van der Waals surface area contributed by atoms with Crippen molar-refractivity contribution in [2.45, 2.75) is 110 Å². The van der Waals surface area contributed by atoms with Gasteiger partial charge in [0.2, 0.25) is 0 Å². The van der Waals surface area contributed by atoms with Crippen LogP contribution in [0.15, 0.2) is 12.2 Å². The lowest BCUT2D eigenvalue weighted by Crippen LogP contribution is -2.13. The molecule has 0 radical (unpaired) electrons. The Morgan fingerprint density at radius 3 is 1.50 bits per heavy atom. The summed E-state index contributed by atoms with van der Waals surface area (Å²) in [6.45, 7) is 6.63. The lowest BCUT2D eigenvalue weighted by molar-refractivity contribution is -0.132. The van der Waals surface area contributed by atoms with Crippen LogP contribution < -0.4 is 0 Å². The highest BCUT2D eigenvalue weighted by atomic mass is 79.9. The number of nitrogens with zero attached hydrogens (tertiary/aromatic N) is 1. The molecule has 0 heterocycles. The molecular formula is C24H48BrNO2. The minimum atomic E-state index is -0.885. The van der Waals surface area contributed by atoms with E-state index in [2.05, 4.69) is 29.4 Å². The molecule has 4 heteroatoms. The maximum atomic E-state index is 10.3. The van der Waals surface area contributed by atoms with Crippen LogP contribution in [0.4, 0.5) is 0 Å². The topological polar surface area (TPSA) is 40.5 Å². The monoisotopic (exact) mass is 461 g/mol. The Bertz CT molecular complexity index is 331. The zero-order valence-electron chi connectivity index (χ0n) is 19.1. The molecule has 1 N–H and O–H groups in total. The third kappa shape index (κ3) is 27.9. The van der Waals surface area contributed by atoms with Gasteiger partial charge in [0.05, 0.1) is 0 Å². The first kappa shape index (κ1) is 29.8. The molecule has 168 valence electrons. The van der Waals surface area contributed by atoms with Gasteiger partial charge in [0, 0.05) is 10.9 Å². The Morgan fingerprint density at radius 1 is 0.786 bits per heavy atom. The van der Waals surface area contributed by atoms with Crippen molar-refractivity contribution in [2.75, 3.05) is 26.0 Å². The highest BCUT2D eigenvalue weighted by Crippen LogP contribution is 2.13. The van der Waals surface area contributed by atoms with E-state index in [1.165, 1.54) is 95.2 Å². The van der Waals surface area contributed by atoms with E-state index in [1.54, 1.807) is 0 Å². The Labute approximate surface area is 184 Å². The summed E-state index contributed by atoms with van der Waals surface area (Å²) in [4.78, 5) is 12.3. The average molecular weight is 463 g/mol. The molecule has 0 saturated heterocycles. The molecule has 0 rings (SSSR count). The van der Waals surface area contributed by atoms with E-state index in [0.29, 0.717) is 12.0 Å². The highest BCUT2D eigenvalue weighted by Gasteiger charge is 2.02. The standard InChI is InChI=1S/C16H33Br.C8H15NO2/c1-2-3-4-5-6-7-8-9-10-11-12-13-14-15-16-17;1-7(8(10)11)5-4-6-9(2)3/h2-16H2,1H3;1,4-6H2,2-3H3,(H,10,11). The third-order valence-corrected chi connectivity index (χ3v) is 5.43. The van der Waals surface area contributed by atoms with Gasteiger partial charge >= 0.3 is 5.97 Å². The van der Waals surface area contributed by atoms with Crippen LogP contribution in [0.5, 0.6) is 0 Å². The van der Waals surface area contributed by atoms with Gasteiger partial charge in [0.15, 0.2) is 0 Å². The van der Waals surface area contributed by atoms with Crippen molar-refractivity contribution >= 4 is 21.9 Å². The second kappa shape index (κ2) is 24.7. The second-order valence-corrected chi connectivity index (χ2v) is 8.89. The summed E-state index contributed by atoms with van der Waals surface area (Å²) in [5.41, 5.74) is 0.298. The van der Waals surface area contributed by atoms with E-state index in [-0.39, 0.29) is 0 Å². The predicted octanol–water partition coefficient (Wildman–Crippen LogP) is 7.83. The average Bonchev–Trinajstić information content (AvgIpc) is 2.65. The number of carboxylic acids is 1. The molecule has 0 bridgehead atoms. The summed E-state index contributed by atoms with van der Waals surface area (Å²) in [6.07, 6.45) is 21.7. The second-order valence-electron chi connectivity index (χ2n) is 8.10. The molecule has 0 aromatic carbocycles. The van der Waals surface area contributed by atoms with E-state index in [9.17, 15) is 4.79 Å². The van der Waals surface area contributed by atoms with Gasteiger partial charge in [-0.05, 0) is 39.9 Å². The SMILES string of the molecule is C=C(CCCN(C)C)C(=O)O.CCCCCCCCCCCCCCCCBr. The van der Waals surface area contributed by atoms with Gasteiger partial charge in [0.1, 0.15) is 0 Å². The Hall–Kier alpha value is -0.350. The zero-order valence-corrected chi connectivity index (χ0v) is 20.7. The van der Waals surface area contributed by atoms with Crippen LogP contribution in [0, 0.1) is 0 Å². The van der Waals surface area contributed by atoms with Crippen LogP contribution in [-0.2, 0) is 4.79 Å². The number of halogens is 1. The molecule has 0 aliphatic rings. The number of carbonyl (C=O) groups is 1. The summed E-state index contributed by atoms with van der Waals surface area (Å²) in [5, 5.41) is 9.62. The molecule has 0 unspecified atom stereocenters. The first-order valence-corrected chi connectivity index (χ1v) is 12.7. The highest BCUT2D eigenvalue weighted by molar-refractivity contribution is 9.09. The molecule has 0 fully saturated rings. The molecule has 0 aliphatic heterocycles. The van der Waals surface area contributed by atoms with Gasteiger partial charge in [-0.3, -0.25) is 0 Å². The van der Waals surface area contributed by atoms with Crippen LogP contribution in [0.3, 0.4) is 0 Å². The molecule has 0 saturated carbocycles. The van der Waals surface area contributed by atoms with Gasteiger partial charge in [-0.2, -0.15) is 0 Å². The van der Waals surface area contributed by atoms with Crippen molar-refractivity contribution in [3.63, 3.8) is 0 Å². The molecule has 0 aromatic rings. The van der Waals surface area contributed by atoms with Crippen LogP contribution in [-0.4, -0.2) is 41.9 Å². The van der Waals surface area contributed by atoms with Crippen molar-refractivity contribution in [2.24, 2.45) is 0 Å². The molecule has 0 aliphatic carbocycles. The Kier molecular flexibility index (Phi) is 26.3. The molecule has 28 heavy (non-hydrogen) atoms. The quantitative estimate of drug-likeness (QED) is 0.121. The van der Waals surface area contributed by atoms with Crippen LogP contribution in [0.25, 0.3) is 0 Å². The zero-order chi connectivity index (χ0) is 21.5. The number of rotatable bonds is 19. The van der Waals surface area contributed by atoms with Gasteiger partial charge in [-0.1, -0.05) is 113 Å². The van der Waals surface area contributed by atoms with Crippen molar-refractivity contribution < 1.29 is 9.90 Å². The third-order valence-electron chi connectivity index (χ3n) is 4.87. The fourth-order valence-corrected chi connectivity index (χ4v) is 3.40. The summed E-state index contributed by atoms with van der Waals surface area (Å²) in [5.74, 6) is -0.885. The largest absolute Gasteiger partial charge is 0.478 e. The first-order chi connectivity index (χ1) is 13.5. The van der Waals surface area contributed by atoms with Gasteiger partial charge in [-0.15, -0.1) is 0 Å². The normalized spacial score (nSPS) is 10.6. The molecule has 0 atom stereocenters. The summed E-state index contributed by atoms with van der Waals surface area (Å²) in [6, 6.07) is 0. The lowest BCUT2D eigenvalue weighted by Gasteiger charge is -2.08. The molecule has 0 amide bonds. The molecule has 3 nitrogen and oxygen atoms in total. The Morgan fingerprint density at radius 2 is 1.18 bits per heavy atom. The van der Waals surface area contributed by atoms with Crippen LogP contribution in [0.2, 0.25) is 0 Å². The van der Waals surface area contributed by atoms with Crippen LogP contribution in [0.1, 0.15) is 110 Å².